The van der Waals surface area contributed by atoms with Gasteiger partial charge in [0.05, 0.1) is 4.90 Å². The second-order valence-electron chi connectivity index (χ2n) is 7.30. The fourth-order valence-corrected chi connectivity index (χ4v) is 3.75. The number of amides is 1. The van der Waals surface area contributed by atoms with E-state index in [0.29, 0.717) is 11.4 Å². The number of aryl methyl sites for hydroxylation is 1. The number of anilines is 1. The van der Waals surface area contributed by atoms with E-state index in [2.05, 4.69) is 17.0 Å². The van der Waals surface area contributed by atoms with E-state index in [1.165, 1.54) is 17.7 Å². The van der Waals surface area contributed by atoms with Crippen LogP contribution in [0.3, 0.4) is 0 Å². The van der Waals surface area contributed by atoms with Crippen LogP contribution < -0.4 is 14.8 Å². The first kappa shape index (κ1) is 22.7. The van der Waals surface area contributed by atoms with E-state index >= 15 is 0 Å². The molecule has 2 aromatic carbocycles. The largest absolute Gasteiger partial charge is 0.481 e. The summed E-state index contributed by atoms with van der Waals surface area (Å²) in [5.41, 5.74) is 1.71. The minimum Gasteiger partial charge on any atom is -0.481 e. The highest BCUT2D eigenvalue weighted by Crippen LogP contribution is 2.21. The maximum Gasteiger partial charge on any atom is 0.261 e. The summed E-state index contributed by atoms with van der Waals surface area (Å²) in [6.07, 6.45) is 2.54. The zero-order valence-corrected chi connectivity index (χ0v) is 18.3. The van der Waals surface area contributed by atoms with Crippen molar-refractivity contribution in [3.63, 3.8) is 0 Å². The van der Waals surface area contributed by atoms with Crippen LogP contribution in [-0.2, 0) is 21.2 Å². The van der Waals surface area contributed by atoms with E-state index in [0.717, 1.165) is 19.3 Å². The summed E-state index contributed by atoms with van der Waals surface area (Å²) in [4.78, 5) is 12.1. The molecule has 1 amide bonds. The monoisotopic (exact) mass is 418 g/mol. The van der Waals surface area contributed by atoms with E-state index in [1.807, 2.05) is 26.0 Å². The number of sulfonamides is 1. The number of rotatable bonds is 10. The van der Waals surface area contributed by atoms with Crippen molar-refractivity contribution in [1.29, 1.82) is 0 Å². The topological polar surface area (TPSA) is 84.5 Å². The molecule has 2 N–H and O–H groups in total. The highest BCUT2D eigenvalue weighted by atomic mass is 32.2. The molecular weight excluding hydrogens is 388 g/mol. The van der Waals surface area contributed by atoms with Crippen LogP contribution in [0.15, 0.2) is 53.4 Å². The second-order valence-corrected chi connectivity index (χ2v) is 8.98. The van der Waals surface area contributed by atoms with Gasteiger partial charge in [-0.15, -0.1) is 0 Å². The quantitative estimate of drug-likeness (QED) is 0.608. The van der Waals surface area contributed by atoms with Gasteiger partial charge in [-0.2, -0.15) is 0 Å². The molecule has 0 saturated heterocycles. The molecule has 0 radical (unpaired) electrons. The van der Waals surface area contributed by atoms with E-state index in [1.54, 1.807) is 31.2 Å². The molecule has 0 unspecified atom stereocenters. The van der Waals surface area contributed by atoms with Crippen molar-refractivity contribution in [1.82, 2.24) is 5.32 Å². The first-order chi connectivity index (χ1) is 13.7. The lowest BCUT2D eigenvalue weighted by atomic mass is 10.1. The standard InChI is InChI=1S/C22H30N2O4S/c1-5-6-7-18-8-10-19(11-9-18)24-29(26,27)21-14-12-20(13-15-21)28-17(4)22(25)23-16(2)3/h8-17,24H,5-7H2,1-4H3,(H,23,25)/t17-/m1/s1. The smallest absolute Gasteiger partial charge is 0.261 e. The lowest BCUT2D eigenvalue weighted by molar-refractivity contribution is -0.127. The van der Waals surface area contributed by atoms with Crippen LogP contribution >= 0.6 is 0 Å². The number of carbonyl (C=O) groups is 1. The third kappa shape index (κ3) is 7.09. The van der Waals surface area contributed by atoms with Gasteiger partial charge in [0.15, 0.2) is 6.10 Å². The Morgan fingerprint density at radius 2 is 1.62 bits per heavy atom. The average Bonchev–Trinajstić information content (AvgIpc) is 2.67. The van der Waals surface area contributed by atoms with Crippen molar-refractivity contribution >= 4 is 21.6 Å². The van der Waals surface area contributed by atoms with Gasteiger partial charge in [-0.05, 0) is 75.6 Å². The molecule has 0 aliphatic heterocycles. The van der Waals surface area contributed by atoms with Gasteiger partial charge in [0.25, 0.3) is 15.9 Å². The van der Waals surface area contributed by atoms with Gasteiger partial charge in [0, 0.05) is 11.7 Å². The van der Waals surface area contributed by atoms with Crippen molar-refractivity contribution < 1.29 is 17.9 Å². The molecule has 0 aliphatic rings. The van der Waals surface area contributed by atoms with E-state index < -0.39 is 16.1 Å². The van der Waals surface area contributed by atoms with Crippen LogP contribution in [0.4, 0.5) is 5.69 Å². The van der Waals surface area contributed by atoms with Gasteiger partial charge in [-0.25, -0.2) is 8.42 Å². The van der Waals surface area contributed by atoms with Crippen LogP contribution in [0.1, 0.15) is 46.1 Å². The summed E-state index contributed by atoms with van der Waals surface area (Å²) >= 11 is 0. The van der Waals surface area contributed by atoms with E-state index in [9.17, 15) is 13.2 Å². The Labute approximate surface area is 173 Å². The van der Waals surface area contributed by atoms with Gasteiger partial charge in [-0.1, -0.05) is 25.5 Å². The Balaban J connectivity index is 2.01. The SMILES string of the molecule is CCCCc1ccc(NS(=O)(=O)c2ccc(O[C@H](C)C(=O)NC(C)C)cc2)cc1. The molecule has 2 aromatic rings. The number of benzene rings is 2. The lowest BCUT2D eigenvalue weighted by Crippen LogP contribution is -2.40. The maximum absolute atomic E-state index is 12.6. The minimum absolute atomic E-state index is 0.0212. The van der Waals surface area contributed by atoms with Gasteiger partial charge in [-0.3, -0.25) is 9.52 Å². The Bertz CT molecular complexity index is 891. The normalized spacial score (nSPS) is 12.4. The van der Waals surface area contributed by atoms with Crippen LogP contribution in [0, 0.1) is 0 Å². The molecule has 0 heterocycles. The molecule has 1 atom stereocenters. The molecule has 2 rings (SSSR count). The molecule has 7 heteroatoms. The maximum atomic E-state index is 12.6. The first-order valence-corrected chi connectivity index (χ1v) is 11.4. The third-order valence-electron chi connectivity index (χ3n) is 4.27. The van der Waals surface area contributed by atoms with Crippen molar-refractivity contribution in [2.45, 2.75) is 64.0 Å². The lowest BCUT2D eigenvalue weighted by Gasteiger charge is -2.16. The predicted octanol–water partition coefficient (Wildman–Crippen LogP) is 4.12. The molecule has 0 bridgehead atoms. The molecular formula is C22H30N2O4S. The summed E-state index contributed by atoms with van der Waals surface area (Å²) < 4.78 is 33.4. The minimum atomic E-state index is -3.71. The van der Waals surface area contributed by atoms with Crippen molar-refractivity contribution in [3.8, 4) is 5.75 Å². The number of ether oxygens (including phenoxy) is 1. The number of hydrogen-bond donors (Lipinski definition) is 2. The Kier molecular flexibility index (Phi) is 8.08. The summed E-state index contributed by atoms with van der Waals surface area (Å²) in [7, 11) is -3.71. The summed E-state index contributed by atoms with van der Waals surface area (Å²) in [5, 5.41) is 2.77. The van der Waals surface area contributed by atoms with Crippen molar-refractivity contribution in [2.75, 3.05) is 4.72 Å². The molecule has 158 valence electrons. The van der Waals surface area contributed by atoms with Gasteiger partial charge >= 0.3 is 0 Å². The van der Waals surface area contributed by atoms with Crippen LogP contribution in [0.25, 0.3) is 0 Å². The van der Waals surface area contributed by atoms with E-state index in [-0.39, 0.29) is 16.8 Å². The molecule has 6 nitrogen and oxygen atoms in total. The molecule has 0 saturated carbocycles. The fourth-order valence-electron chi connectivity index (χ4n) is 2.69. The summed E-state index contributed by atoms with van der Waals surface area (Å²) in [6.45, 7) is 7.53. The number of nitrogens with one attached hydrogen (secondary N) is 2. The highest BCUT2D eigenvalue weighted by molar-refractivity contribution is 7.92. The molecule has 0 aromatic heterocycles. The average molecular weight is 419 g/mol. The zero-order chi connectivity index (χ0) is 21.4. The zero-order valence-electron chi connectivity index (χ0n) is 17.4. The molecule has 0 spiro atoms. The van der Waals surface area contributed by atoms with Gasteiger partial charge < -0.3 is 10.1 Å². The van der Waals surface area contributed by atoms with Crippen LogP contribution in [0.5, 0.6) is 5.75 Å². The van der Waals surface area contributed by atoms with Crippen molar-refractivity contribution in [3.05, 3.63) is 54.1 Å². The van der Waals surface area contributed by atoms with E-state index in [4.69, 9.17) is 4.74 Å². The summed E-state index contributed by atoms with van der Waals surface area (Å²) in [5.74, 6) is 0.205. The molecule has 0 aliphatic carbocycles. The Morgan fingerprint density at radius 1 is 1.00 bits per heavy atom. The van der Waals surface area contributed by atoms with Crippen LogP contribution in [-0.4, -0.2) is 26.5 Å². The molecule has 0 fully saturated rings. The van der Waals surface area contributed by atoms with Gasteiger partial charge in [0.2, 0.25) is 0 Å². The second kappa shape index (κ2) is 10.3. The predicted molar refractivity (Wildman–Crippen MR) is 116 cm³/mol. The Hall–Kier alpha value is -2.54. The Morgan fingerprint density at radius 3 is 2.17 bits per heavy atom. The summed E-state index contributed by atoms with van der Waals surface area (Å²) in [6, 6.07) is 13.4. The van der Waals surface area contributed by atoms with Gasteiger partial charge in [0.1, 0.15) is 5.75 Å². The van der Waals surface area contributed by atoms with Crippen LogP contribution in [0.2, 0.25) is 0 Å². The highest BCUT2D eigenvalue weighted by Gasteiger charge is 2.17. The fraction of sp³-hybridized carbons (Fsp3) is 0.409. The number of carbonyl (C=O) groups excluding carboxylic acids is 1. The third-order valence-corrected chi connectivity index (χ3v) is 5.67. The van der Waals surface area contributed by atoms with Crippen molar-refractivity contribution in [2.24, 2.45) is 0 Å². The number of unbranched alkanes of at least 4 members (excludes halogenated alkanes) is 1. The first-order valence-electron chi connectivity index (χ1n) is 9.90. The molecule has 29 heavy (non-hydrogen) atoms. The number of hydrogen-bond acceptors (Lipinski definition) is 4.